The summed E-state index contributed by atoms with van der Waals surface area (Å²) in [6, 6.07) is 22.2. The fraction of sp³-hybridized carbons (Fsp3) is 0.300. The third kappa shape index (κ3) is 7.85. The van der Waals surface area contributed by atoms with Gasteiger partial charge in [-0.15, -0.1) is 0 Å². The van der Waals surface area contributed by atoms with Gasteiger partial charge in [0.2, 0.25) is 0 Å². The minimum Gasteiger partial charge on any atom is -0.443 e. The Bertz CT molecular complexity index is 1410. The number of benzene rings is 3. The SMILES string of the molecule is CN(C(=O)OC(C)(C)C)c1cccc(CS(=O)(=O)C=C2CN(C(c3ccc(Cl)cc3)c3ccc(Cl)cc3)C2)c1. The van der Waals surface area contributed by atoms with E-state index < -0.39 is 21.5 Å². The maximum Gasteiger partial charge on any atom is 0.414 e. The van der Waals surface area contributed by atoms with Crippen molar-refractivity contribution in [2.45, 2.75) is 38.2 Å². The van der Waals surface area contributed by atoms with Crippen LogP contribution in [0.1, 0.15) is 43.5 Å². The van der Waals surface area contributed by atoms with Crippen LogP contribution in [-0.2, 0) is 20.3 Å². The molecule has 0 bridgehead atoms. The lowest BCUT2D eigenvalue weighted by Crippen LogP contribution is -2.43. The number of anilines is 1. The van der Waals surface area contributed by atoms with Crippen LogP contribution >= 0.6 is 23.2 Å². The van der Waals surface area contributed by atoms with Crippen LogP contribution in [0.2, 0.25) is 10.0 Å². The van der Waals surface area contributed by atoms with E-state index in [-0.39, 0.29) is 11.8 Å². The second kappa shape index (κ2) is 11.7. The summed E-state index contributed by atoms with van der Waals surface area (Å²) in [5, 5.41) is 2.70. The number of rotatable bonds is 7. The Balaban J connectivity index is 1.47. The Morgan fingerprint density at radius 3 is 2.03 bits per heavy atom. The topological polar surface area (TPSA) is 66.9 Å². The number of halogens is 2. The molecule has 0 aliphatic carbocycles. The highest BCUT2D eigenvalue weighted by Gasteiger charge is 2.31. The third-order valence-corrected chi connectivity index (χ3v) is 8.16. The predicted molar refractivity (Wildman–Crippen MR) is 158 cm³/mol. The van der Waals surface area contributed by atoms with Crippen LogP contribution in [-0.4, -0.2) is 45.1 Å². The molecule has 3 aromatic rings. The summed E-state index contributed by atoms with van der Waals surface area (Å²) in [5.41, 5.74) is 3.49. The van der Waals surface area contributed by atoms with Gasteiger partial charge in [-0.25, -0.2) is 13.2 Å². The molecule has 0 saturated carbocycles. The number of hydrogen-bond donors (Lipinski definition) is 0. The van der Waals surface area contributed by atoms with E-state index in [2.05, 4.69) is 4.90 Å². The van der Waals surface area contributed by atoms with Crippen molar-refractivity contribution in [3.05, 3.63) is 111 Å². The number of carbonyl (C=O) groups excluding carboxylic acids is 1. The van der Waals surface area contributed by atoms with Gasteiger partial charge in [0, 0.05) is 41.3 Å². The first kappa shape index (κ1) is 29.2. The molecule has 0 aromatic heterocycles. The first-order chi connectivity index (χ1) is 18.3. The minimum atomic E-state index is -3.53. The van der Waals surface area contributed by atoms with Crippen LogP contribution in [0.3, 0.4) is 0 Å². The normalized spacial score (nSPS) is 14.2. The Labute approximate surface area is 240 Å². The second-order valence-corrected chi connectivity index (χ2v) is 13.4. The van der Waals surface area contributed by atoms with Crippen molar-refractivity contribution < 1.29 is 17.9 Å². The van der Waals surface area contributed by atoms with E-state index in [1.807, 2.05) is 48.5 Å². The molecule has 1 saturated heterocycles. The van der Waals surface area contributed by atoms with Crippen LogP contribution in [0.4, 0.5) is 10.5 Å². The Morgan fingerprint density at radius 1 is 0.974 bits per heavy atom. The Hall–Kier alpha value is -2.84. The molecule has 4 rings (SSSR count). The largest absolute Gasteiger partial charge is 0.443 e. The zero-order valence-electron chi connectivity index (χ0n) is 22.4. The van der Waals surface area contributed by atoms with E-state index in [1.165, 1.54) is 10.3 Å². The maximum atomic E-state index is 13.1. The van der Waals surface area contributed by atoms with Gasteiger partial charge >= 0.3 is 6.09 Å². The van der Waals surface area contributed by atoms with Crippen LogP contribution in [0.15, 0.2) is 83.8 Å². The number of carbonyl (C=O) groups is 1. The first-order valence-electron chi connectivity index (χ1n) is 12.5. The highest BCUT2D eigenvalue weighted by Crippen LogP contribution is 2.35. The molecule has 0 unspecified atom stereocenters. The lowest BCUT2D eigenvalue weighted by molar-refractivity contribution is 0.0589. The summed E-state index contributed by atoms with van der Waals surface area (Å²) in [7, 11) is -1.93. The molecule has 1 fully saturated rings. The van der Waals surface area contributed by atoms with Crippen molar-refractivity contribution in [3.63, 3.8) is 0 Å². The van der Waals surface area contributed by atoms with Gasteiger partial charge < -0.3 is 4.74 Å². The third-order valence-electron chi connectivity index (χ3n) is 6.23. The van der Waals surface area contributed by atoms with Gasteiger partial charge in [-0.05, 0) is 79.4 Å². The Kier molecular flexibility index (Phi) is 8.76. The van der Waals surface area contributed by atoms with E-state index in [9.17, 15) is 13.2 Å². The van der Waals surface area contributed by atoms with Gasteiger partial charge in [0.15, 0.2) is 9.84 Å². The summed E-state index contributed by atoms with van der Waals surface area (Å²) < 4.78 is 31.6. The van der Waals surface area contributed by atoms with Gasteiger partial charge in [-0.3, -0.25) is 9.80 Å². The van der Waals surface area contributed by atoms with Gasteiger partial charge in [0.1, 0.15) is 5.60 Å². The average molecular weight is 588 g/mol. The molecular weight excluding hydrogens is 555 g/mol. The molecule has 0 spiro atoms. The number of sulfone groups is 1. The first-order valence-corrected chi connectivity index (χ1v) is 15.0. The second-order valence-electron chi connectivity index (χ2n) is 10.7. The number of nitrogens with zero attached hydrogens (tertiary/aromatic N) is 2. The lowest BCUT2D eigenvalue weighted by Gasteiger charge is -2.41. The maximum absolute atomic E-state index is 13.1. The van der Waals surface area contributed by atoms with Crippen molar-refractivity contribution in [2.24, 2.45) is 0 Å². The summed E-state index contributed by atoms with van der Waals surface area (Å²) in [5.74, 6) is -0.162. The minimum absolute atomic E-state index is 0.0561. The predicted octanol–water partition coefficient (Wildman–Crippen LogP) is 7.27. The molecule has 1 amide bonds. The number of amides is 1. The van der Waals surface area contributed by atoms with Crippen molar-refractivity contribution in [1.29, 1.82) is 0 Å². The fourth-order valence-corrected chi connectivity index (χ4v) is 6.09. The van der Waals surface area contributed by atoms with Crippen molar-refractivity contribution in [1.82, 2.24) is 4.90 Å². The number of likely N-dealkylation sites (tertiary alicyclic amines) is 1. The highest BCUT2D eigenvalue weighted by atomic mass is 35.5. The monoisotopic (exact) mass is 586 g/mol. The molecule has 9 heteroatoms. The van der Waals surface area contributed by atoms with Crippen LogP contribution in [0, 0.1) is 0 Å². The fourth-order valence-electron chi connectivity index (χ4n) is 4.46. The zero-order chi connectivity index (χ0) is 28.4. The summed E-state index contributed by atoms with van der Waals surface area (Å²) in [4.78, 5) is 16.0. The number of ether oxygens (including phenoxy) is 1. The van der Waals surface area contributed by atoms with E-state index in [0.29, 0.717) is 34.4 Å². The molecule has 206 valence electrons. The quantitative estimate of drug-likeness (QED) is 0.291. The molecule has 6 nitrogen and oxygen atoms in total. The van der Waals surface area contributed by atoms with Gasteiger partial charge in [0.25, 0.3) is 0 Å². The Morgan fingerprint density at radius 2 is 1.51 bits per heavy atom. The molecule has 0 radical (unpaired) electrons. The molecule has 0 N–H and O–H groups in total. The van der Waals surface area contributed by atoms with Gasteiger partial charge in [-0.1, -0.05) is 59.6 Å². The molecule has 1 aliphatic rings. The molecule has 39 heavy (non-hydrogen) atoms. The molecule has 1 aliphatic heterocycles. The van der Waals surface area contributed by atoms with E-state index in [4.69, 9.17) is 27.9 Å². The van der Waals surface area contributed by atoms with Crippen LogP contribution < -0.4 is 4.90 Å². The van der Waals surface area contributed by atoms with Crippen LogP contribution in [0.5, 0.6) is 0 Å². The zero-order valence-corrected chi connectivity index (χ0v) is 24.7. The van der Waals surface area contributed by atoms with Crippen LogP contribution in [0.25, 0.3) is 0 Å². The van der Waals surface area contributed by atoms with E-state index in [0.717, 1.165) is 16.7 Å². The molecule has 1 heterocycles. The standard InChI is InChI=1S/C30H32Cl2N2O4S/c1-30(2,3)38-29(35)33(4)27-7-5-6-21(16-27)19-39(36,37)20-22-17-34(18-22)28(23-8-12-25(31)13-9-23)24-10-14-26(32)15-11-24/h5-16,20,28H,17-19H2,1-4H3. The van der Waals surface area contributed by atoms with Gasteiger partial charge in [-0.2, -0.15) is 0 Å². The average Bonchev–Trinajstić information content (AvgIpc) is 2.83. The molecule has 3 aromatic carbocycles. The van der Waals surface area contributed by atoms with Crippen molar-refractivity contribution in [2.75, 3.05) is 25.0 Å². The van der Waals surface area contributed by atoms with Crippen molar-refractivity contribution in [3.8, 4) is 0 Å². The van der Waals surface area contributed by atoms with Gasteiger partial charge in [0.05, 0.1) is 11.8 Å². The summed E-state index contributed by atoms with van der Waals surface area (Å²) in [6.45, 7) is 6.44. The summed E-state index contributed by atoms with van der Waals surface area (Å²) in [6.07, 6.45) is -0.505. The molecular formula is C30H32Cl2N2O4S. The summed E-state index contributed by atoms with van der Waals surface area (Å²) >= 11 is 12.2. The van der Waals surface area contributed by atoms with E-state index in [1.54, 1.807) is 52.1 Å². The molecule has 0 atom stereocenters. The van der Waals surface area contributed by atoms with Crippen molar-refractivity contribution >= 4 is 44.8 Å². The van der Waals surface area contributed by atoms with E-state index >= 15 is 0 Å². The highest BCUT2D eigenvalue weighted by molar-refractivity contribution is 7.93. The lowest BCUT2D eigenvalue weighted by atomic mass is 9.93. The number of hydrogen-bond acceptors (Lipinski definition) is 5. The smallest absolute Gasteiger partial charge is 0.414 e.